The molecule has 2 aromatic rings. The van der Waals surface area contributed by atoms with Crippen LogP contribution in [0.4, 0.5) is 24.5 Å². The van der Waals surface area contributed by atoms with Crippen molar-refractivity contribution >= 4 is 35.0 Å². The molecule has 2 aromatic carbocycles. The van der Waals surface area contributed by atoms with Gasteiger partial charge in [0.05, 0.1) is 22.7 Å². The third kappa shape index (κ3) is 2.95. The van der Waals surface area contributed by atoms with Gasteiger partial charge in [-0.1, -0.05) is 0 Å². The summed E-state index contributed by atoms with van der Waals surface area (Å²) in [6, 6.07) is 11.5. The molecule has 0 bridgehead atoms. The fraction of sp³-hybridized carbons (Fsp3) is 0.286. The molecular formula is C21H16F3N3O2S. The van der Waals surface area contributed by atoms with Gasteiger partial charge in [0.2, 0.25) is 0 Å². The second-order valence-corrected chi connectivity index (χ2v) is 7.73. The van der Waals surface area contributed by atoms with E-state index in [4.69, 9.17) is 17.5 Å². The van der Waals surface area contributed by atoms with E-state index in [1.165, 1.54) is 11.0 Å². The maximum atomic E-state index is 13.4. The average molecular weight is 431 g/mol. The van der Waals surface area contributed by atoms with Crippen LogP contribution in [0.25, 0.3) is 0 Å². The summed E-state index contributed by atoms with van der Waals surface area (Å²) in [6.45, 7) is 0. The van der Waals surface area contributed by atoms with E-state index in [0.29, 0.717) is 30.4 Å². The summed E-state index contributed by atoms with van der Waals surface area (Å²) in [5, 5.41) is 20.3. The molecule has 1 spiro atoms. The molecule has 1 atom stereocenters. The lowest BCUT2D eigenvalue weighted by molar-refractivity contribution is -0.137. The summed E-state index contributed by atoms with van der Waals surface area (Å²) in [7, 11) is 0. The Morgan fingerprint density at radius 2 is 1.80 bits per heavy atom. The van der Waals surface area contributed by atoms with Crippen LogP contribution in [0.15, 0.2) is 42.5 Å². The summed E-state index contributed by atoms with van der Waals surface area (Å²) < 4.78 is 40.3. The second kappa shape index (κ2) is 7.07. The van der Waals surface area contributed by atoms with Crippen LogP contribution in [-0.4, -0.2) is 28.3 Å². The number of hydrogen-bond acceptors (Lipinski definition) is 4. The first-order valence-electron chi connectivity index (χ1n) is 9.21. The van der Waals surface area contributed by atoms with Crippen LogP contribution in [0.2, 0.25) is 0 Å². The minimum absolute atomic E-state index is 0.0668. The molecule has 154 valence electrons. The number of alkyl halides is 3. The molecule has 1 unspecified atom stereocenters. The monoisotopic (exact) mass is 431 g/mol. The van der Waals surface area contributed by atoms with Gasteiger partial charge in [-0.2, -0.15) is 18.4 Å². The molecule has 1 aliphatic heterocycles. The molecule has 1 N–H and O–H groups in total. The number of hydrogen-bond donors (Lipinski definition) is 1. The van der Waals surface area contributed by atoms with E-state index in [-0.39, 0.29) is 10.8 Å². The predicted molar refractivity (Wildman–Crippen MR) is 108 cm³/mol. The highest BCUT2D eigenvalue weighted by atomic mass is 32.1. The molecule has 0 radical (unpaired) electrons. The lowest BCUT2D eigenvalue weighted by atomic mass is 9.74. The Labute approximate surface area is 175 Å². The van der Waals surface area contributed by atoms with E-state index in [0.717, 1.165) is 18.6 Å². The first-order chi connectivity index (χ1) is 14.2. The number of anilines is 2. The van der Waals surface area contributed by atoms with Crippen molar-refractivity contribution in [2.75, 3.05) is 9.80 Å². The molecular weight excluding hydrogens is 415 g/mol. The summed E-state index contributed by atoms with van der Waals surface area (Å²) in [5.74, 6) is 0. The number of rotatable bonds is 3. The number of carbonyl (C=O) groups excluding carboxylic acids is 1. The minimum Gasteiger partial charge on any atom is -0.371 e. The Bertz CT molecular complexity index is 1060. The van der Waals surface area contributed by atoms with Crippen LogP contribution in [0.5, 0.6) is 0 Å². The molecule has 1 aliphatic carbocycles. The number of nitrogens with zero attached hydrogens (tertiary/aromatic N) is 3. The predicted octanol–water partition coefficient (Wildman–Crippen LogP) is 4.24. The fourth-order valence-corrected chi connectivity index (χ4v) is 4.61. The van der Waals surface area contributed by atoms with Gasteiger partial charge in [0.15, 0.2) is 11.3 Å². The van der Waals surface area contributed by atoms with Crippen molar-refractivity contribution in [2.24, 2.45) is 0 Å². The van der Waals surface area contributed by atoms with Crippen molar-refractivity contribution in [3.63, 3.8) is 0 Å². The maximum absolute atomic E-state index is 13.4. The summed E-state index contributed by atoms with van der Waals surface area (Å²) in [5.41, 5.74) is -1.13. The van der Waals surface area contributed by atoms with Crippen molar-refractivity contribution in [1.82, 2.24) is 0 Å². The number of halogens is 3. The molecule has 2 aliphatic rings. The zero-order valence-electron chi connectivity index (χ0n) is 15.6. The van der Waals surface area contributed by atoms with Crippen molar-refractivity contribution in [2.45, 2.75) is 37.2 Å². The lowest BCUT2D eigenvalue weighted by Gasteiger charge is -2.46. The van der Waals surface area contributed by atoms with Gasteiger partial charge in [0.25, 0.3) is 0 Å². The largest absolute Gasteiger partial charge is 0.417 e. The third-order valence-corrected chi connectivity index (χ3v) is 6.16. The first-order valence-corrected chi connectivity index (χ1v) is 9.62. The van der Waals surface area contributed by atoms with Crippen LogP contribution in [0, 0.1) is 11.3 Å². The second-order valence-electron chi connectivity index (χ2n) is 7.37. The van der Waals surface area contributed by atoms with Crippen LogP contribution in [-0.2, 0) is 6.18 Å². The van der Waals surface area contributed by atoms with Gasteiger partial charge in [0, 0.05) is 16.9 Å². The molecule has 2 fully saturated rings. The lowest BCUT2D eigenvalue weighted by Crippen LogP contribution is -2.57. The maximum Gasteiger partial charge on any atom is 0.417 e. The third-order valence-electron chi connectivity index (χ3n) is 5.78. The number of aliphatic hydroxyl groups is 1. The SMILES string of the molecule is N#Cc1ccc(N2C(=S)N(c3ccc(C=O)cc3)C3(CCC3)C2O)cc1C(F)(F)F. The molecule has 5 nitrogen and oxygen atoms in total. The van der Waals surface area contributed by atoms with Crippen molar-refractivity contribution in [3.8, 4) is 6.07 Å². The normalized spacial score (nSPS) is 20.2. The van der Waals surface area contributed by atoms with E-state index in [1.54, 1.807) is 35.2 Å². The Kier molecular flexibility index (Phi) is 4.79. The summed E-state index contributed by atoms with van der Waals surface area (Å²) in [6.07, 6.45) is -3.09. The molecule has 0 amide bonds. The van der Waals surface area contributed by atoms with Gasteiger partial charge in [-0.3, -0.25) is 9.69 Å². The molecule has 4 rings (SSSR count). The Morgan fingerprint density at radius 3 is 2.30 bits per heavy atom. The highest BCUT2D eigenvalue weighted by molar-refractivity contribution is 7.80. The molecule has 30 heavy (non-hydrogen) atoms. The van der Waals surface area contributed by atoms with Crippen LogP contribution >= 0.6 is 12.2 Å². The molecule has 9 heteroatoms. The van der Waals surface area contributed by atoms with E-state index < -0.39 is 29.1 Å². The molecule has 1 saturated heterocycles. The summed E-state index contributed by atoms with van der Waals surface area (Å²) >= 11 is 5.59. The Balaban J connectivity index is 1.80. The van der Waals surface area contributed by atoms with Crippen molar-refractivity contribution in [3.05, 3.63) is 59.2 Å². The standard InChI is InChI=1S/C21H16F3N3O2S/c22-21(23,24)17-10-16(7-4-14(17)11-25)26-18(29)20(8-1-9-20)27(19(26)30)15-5-2-13(12-28)3-6-15/h2-7,10,12,18,29H,1,8-9H2. The minimum atomic E-state index is -4.72. The fourth-order valence-electron chi connectivity index (χ4n) is 4.11. The van der Waals surface area contributed by atoms with Gasteiger partial charge in [0.1, 0.15) is 6.29 Å². The number of aldehydes is 1. The van der Waals surface area contributed by atoms with Gasteiger partial charge >= 0.3 is 6.18 Å². The zero-order chi connectivity index (χ0) is 21.7. The van der Waals surface area contributed by atoms with E-state index in [9.17, 15) is 23.1 Å². The number of nitriles is 1. The van der Waals surface area contributed by atoms with Crippen molar-refractivity contribution in [1.29, 1.82) is 5.26 Å². The van der Waals surface area contributed by atoms with Gasteiger partial charge < -0.3 is 10.0 Å². The quantitative estimate of drug-likeness (QED) is 0.579. The number of benzene rings is 2. The molecule has 1 heterocycles. The molecule has 0 aromatic heterocycles. The molecule has 1 saturated carbocycles. The van der Waals surface area contributed by atoms with E-state index in [1.807, 2.05) is 0 Å². The summed E-state index contributed by atoms with van der Waals surface area (Å²) in [4.78, 5) is 14.0. The average Bonchev–Trinajstić information content (AvgIpc) is 2.93. The number of carbonyl (C=O) groups is 1. The Hall–Kier alpha value is -2.96. The number of aliphatic hydroxyl groups excluding tert-OH is 1. The van der Waals surface area contributed by atoms with E-state index in [2.05, 4.69) is 0 Å². The van der Waals surface area contributed by atoms with Crippen LogP contribution in [0.3, 0.4) is 0 Å². The highest BCUT2D eigenvalue weighted by Crippen LogP contribution is 2.50. The van der Waals surface area contributed by atoms with Gasteiger partial charge in [-0.15, -0.1) is 0 Å². The highest BCUT2D eigenvalue weighted by Gasteiger charge is 2.59. The topological polar surface area (TPSA) is 67.6 Å². The van der Waals surface area contributed by atoms with Crippen LogP contribution < -0.4 is 9.80 Å². The Morgan fingerprint density at radius 1 is 1.17 bits per heavy atom. The van der Waals surface area contributed by atoms with Crippen LogP contribution in [0.1, 0.15) is 40.7 Å². The zero-order valence-corrected chi connectivity index (χ0v) is 16.4. The smallest absolute Gasteiger partial charge is 0.371 e. The van der Waals surface area contributed by atoms with Gasteiger partial charge in [-0.25, -0.2) is 0 Å². The van der Waals surface area contributed by atoms with Gasteiger partial charge in [-0.05, 0) is 73.9 Å². The van der Waals surface area contributed by atoms with E-state index >= 15 is 0 Å². The van der Waals surface area contributed by atoms with Crippen molar-refractivity contribution < 1.29 is 23.1 Å². The first kappa shape index (κ1) is 20.3. The number of thiocarbonyl (C=S) groups is 1.